The van der Waals surface area contributed by atoms with Crippen molar-refractivity contribution in [3.05, 3.63) is 34.5 Å². The van der Waals surface area contributed by atoms with Crippen LogP contribution in [0, 0.1) is 11.5 Å². The van der Waals surface area contributed by atoms with Gasteiger partial charge in [0, 0.05) is 0 Å². The van der Waals surface area contributed by atoms with Crippen molar-refractivity contribution < 1.29 is 5.11 Å². The van der Waals surface area contributed by atoms with Crippen molar-refractivity contribution in [1.82, 2.24) is 0 Å². The number of phenols is 1. The maximum absolute atomic E-state index is 9.98. The molecule has 0 heterocycles. The van der Waals surface area contributed by atoms with Crippen molar-refractivity contribution in [1.29, 1.82) is 0 Å². The van der Waals surface area contributed by atoms with E-state index in [4.69, 9.17) is 11.7 Å². The Balaban J connectivity index is 3.25. The second kappa shape index (κ2) is 2.80. The Morgan fingerprint density at radius 3 is 2.82 bits per heavy atom. The third kappa shape index (κ3) is 1.33. The summed E-state index contributed by atoms with van der Waals surface area (Å²) in [6, 6.07) is 3.91. The van der Waals surface area contributed by atoms with Crippen LogP contribution < -0.4 is 0 Å². The van der Waals surface area contributed by atoms with Gasteiger partial charge in [0.05, 0.1) is 6.57 Å². The molecule has 0 saturated carbocycles. The van der Waals surface area contributed by atoms with Gasteiger partial charge < -0.3 is 5.11 Å². The lowest BCUT2D eigenvalue weighted by atomic mass is 10.2. The van der Waals surface area contributed by atoms with E-state index in [0.717, 1.165) is 0 Å². The minimum absolute atomic E-state index is 0.0986. The summed E-state index contributed by atoms with van der Waals surface area (Å²) in [6.07, 6.45) is 0. The molecule has 11 heavy (non-hydrogen) atoms. The smallest absolute Gasteiger partial charge is 0.189 e. The molecule has 4 nitrogen and oxygen atoms in total. The number of nitrogens with zero attached hydrogens (tertiary/aromatic N) is 2. The maximum Gasteiger partial charge on any atom is 0.189 e. The summed E-state index contributed by atoms with van der Waals surface area (Å²) in [4.78, 5) is 13.0. The minimum Gasteiger partial charge on any atom is -0.506 e. The first-order valence-electron chi connectivity index (χ1n) is 2.82. The largest absolute Gasteiger partial charge is 0.506 e. The first kappa shape index (κ1) is 7.22. The van der Waals surface area contributed by atoms with Gasteiger partial charge in [-0.1, -0.05) is 6.07 Å². The predicted molar refractivity (Wildman–Crippen MR) is 39.8 cm³/mol. The number of phenolic OH excluding ortho intramolecular Hbond substituents is 1. The van der Waals surface area contributed by atoms with Crippen molar-refractivity contribution in [2.75, 3.05) is 0 Å². The normalized spacial score (nSPS) is 8.64. The number of hydrogen-bond acceptors (Lipinski definition) is 3. The van der Waals surface area contributed by atoms with Crippen molar-refractivity contribution >= 4 is 11.4 Å². The number of rotatable bonds is 1. The van der Waals surface area contributed by atoms with E-state index < -0.39 is 0 Å². The lowest BCUT2D eigenvalue weighted by Gasteiger charge is -1.93. The molecule has 0 amide bonds. The molecule has 0 saturated heterocycles. The van der Waals surface area contributed by atoms with Crippen molar-refractivity contribution in [3.63, 3.8) is 0 Å². The first-order valence-corrected chi connectivity index (χ1v) is 2.82. The van der Waals surface area contributed by atoms with Gasteiger partial charge in [-0.05, 0) is 17.3 Å². The summed E-state index contributed by atoms with van der Waals surface area (Å²) >= 11 is 0. The van der Waals surface area contributed by atoms with Crippen LogP contribution in [-0.4, -0.2) is 5.11 Å². The standard InChI is InChI=1S/C7H4N2O2/c1-8-5-2-3-7(10)6(4-5)9-11/h2-4,10H. The van der Waals surface area contributed by atoms with Crippen LogP contribution in [0.5, 0.6) is 5.75 Å². The Labute approximate surface area is 62.9 Å². The van der Waals surface area contributed by atoms with E-state index in [9.17, 15) is 4.91 Å². The molecule has 1 N–H and O–H groups in total. The van der Waals surface area contributed by atoms with E-state index in [2.05, 4.69) is 10.0 Å². The molecule has 0 fully saturated rings. The van der Waals surface area contributed by atoms with Crippen molar-refractivity contribution in [2.24, 2.45) is 5.18 Å². The van der Waals surface area contributed by atoms with Crippen LogP contribution >= 0.6 is 0 Å². The van der Waals surface area contributed by atoms with Crippen LogP contribution in [0.1, 0.15) is 0 Å². The fourth-order valence-electron chi connectivity index (χ4n) is 0.654. The fourth-order valence-corrected chi connectivity index (χ4v) is 0.654. The van der Waals surface area contributed by atoms with Crippen LogP contribution in [-0.2, 0) is 0 Å². The zero-order valence-corrected chi connectivity index (χ0v) is 5.48. The van der Waals surface area contributed by atoms with Gasteiger partial charge in [0.25, 0.3) is 0 Å². The Bertz CT molecular complexity index is 328. The molecule has 0 atom stereocenters. The highest BCUT2D eigenvalue weighted by atomic mass is 16.3. The molecule has 4 heteroatoms. The van der Waals surface area contributed by atoms with E-state index >= 15 is 0 Å². The molecule has 0 radical (unpaired) electrons. The second-order valence-electron chi connectivity index (χ2n) is 1.88. The zero-order valence-electron chi connectivity index (χ0n) is 5.48. The van der Waals surface area contributed by atoms with Gasteiger partial charge in [-0.2, -0.15) is 0 Å². The maximum atomic E-state index is 9.98. The summed E-state index contributed by atoms with van der Waals surface area (Å²) in [6.45, 7) is 6.59. The number of aromatic hydroxyl groups is 1. The lowest BCUT2D eigenvalue weighted by Crippen LogP contribution is -1.65. The molecular weight excluding hydrogens is 144 g/mol. The number of nitroso groups, excluding NO2 is 1. The minimum atomic E-state index is -0.201. The van der Waals surface area contributed by atoms with Gasteiger partial charge in [-0.3, -0.25) is 0 Å². The highest BCUT2D eigenvalue weighted by Crippen LogP contribution is 2.30. The van der Waals surface area contributed by atoms with E-state index in [0.29, 0.717) is 0 Å². The summed E-state index contributed by atoms with van der Waals surface area (Å²) in [5.41, 5.74) is 0.191. The topological polar surface area (TPSA) is 54.0 Å². The van der Waals surface area contributed by atoms with Crippen LogP contribution in [0.4, 0.5) is 11.4 Å². The summed E-state index contributed by atoms with van der Waals surface area (Å²) in [7, 11) is 0. The molecule has 0 aliphatic carbocycles. The monoisotopic (exact) mass is 148 g/mol. The SMILES string of the molecule is [C-]#[N+]c1ccc(O)c(N=O)c1. The molecule has 0 bridgehead atoms. The summed E-state index contributed by atoms with van der Waals surface area (Å²) < 4.78 is 0. The average Bonchev–Trinajstić information content (AvgIpc) is 2.05. The van der Waals surface area contributed by atoms with Gasteiger partial charge >= 0.3 is 0 Å². The molecule has 0 unspecified atom stereocenters. The Morgan fingerprint density at radius 1 is 1.55 bits per heavy atom. The molecular formula is C7H4N2O2. The molecule has 0 aromatic heterocycles. The summed E-state index contributed by atoms with van der Waals surface area (Å²) in [5, 5.41) is 11.5. The second-order valence-corrected chi connectivity index (χ2v) is 1.88. The van der Waals surface area contributed by atoms with Crippen molar-refractivity contribution in [3.8, 4) is 5.75 Å². The van der Waals surface area contributed by atoms with E-state index in [1.54, 1.807) is 0 Å². The molecule has 1 aromatic carbocycles. The molecule has 54 valence electrons. The fraction of sp³-hybridized carbons (Fsp3) is 0. The Hall–Kier alpha value is -1.89. The highest BCUT2D eigenvalue weighted by Gasteiger charge is 2.00. The zero-order chi connectivity index (χ0) is 8.27. The van der Waals surface area contributed by atoms with Crippen LogP contribution in [0.15, 0.2) is 23.4 Å². The first-order chi connectivity index (χ1) is 5.27. The van der Waals surface area contributed by atoms with Gasteiger partial charge in [0.2, 0.25) is 0 Å². The van der Waals surface area contributed by atoms with Gasteiger partial charge in [0.1, 0.15) is 11.4 Å². The van der Waals surface area contributed by atoms with Gasteiger partial charge in [-0.15, -0.1) is 4.91 Å². The van der Waals surface area contributed by atoms with E-state index in [1.165, 1.54) is 18.2 Å². The van der Waals surface area contributed by atoms with Crippen LogP contribution in [0.3, 0.4) is 0 Å². The Kier molecular flexibility index (Phi) is 1.83. The average molecular weight is 148 g/mol. The molecule has 1 aromatic rings. The van der Waals surface area contributed by atoms with Crippen molar-refractivity contribution in [2.45, 2.75) is 0 Å². The van der Waals surface area contributed by atoms with Gasteiger partial charge in [-0.25, -0.2) is 4.85 Å². The molecule has 0 aliphatic rings. The summed E-state index contributed by atoms with van der Waals surface area (Å²) in [5.74, 6) is -0.201. The lowest BCUT2D eigenvalue weighted by molar-refractivity contribution is 0.477. The van der Waals surface area contributed by atoms with Gasteiger partial charge in [0.15, 0.2) is 5.69 Å². The van der Waals surface area contributed by atoms with Crippen LogP contribution in [0.25, 0.3) is 4.85 Å². The molecule has 1 rings (SSSR count). The predicted octanol–water partition coefficient (Wildman–Crippen LogP) is 2.34. The van der Waals surface area contributed by atoms with E-state index in [1.807, 2.05) is 0 Å². The third-order valence-corrected chi connectivity index (χ3v) is 1.19. The van der Waals surface area contributed by atoms with Crippen LogP contribution in [0.2, 0.25) is 0 Å². The quantitative estimate of drug-likeness (QED) is 0.490. The molecule has 0 aliphatic heterocycles. The third-order valence-electron chi connectivity index (χ3n) is 1.19. The van der Waals surface area contributed by atoms with E-state index in [-0.39, 0.29) is 17.1 Å². The highest BCUT2D eigenvalue weighted by molar-refractivity contribution is 5.61. The Morgan fingerprint density at radius 2 is 2.27 bits per heavy atom. The molecule has 0 spiro atoms. The number of benzene rings is 1. The number of hydrogen-bond donors (Lipinski definition) is 1.